The number of nitrogens with zero attached hydrogens (tertiary/aromatic N) is 4. The highest BCUT2D eigenvalue weighted by molar-refractivity contribution is 6.05. The first-order valence-electron chi connectivity index (χ1n) is 11.7. The Kier molecular flexibility index (Phi) is 7.89. The summed E-state index contributed by atoms with van der Waals surface area (Å²) in [5.41, 5.74) is 0.735. The van der Waals surface area contributed by atoms with Crippen LogP contribution in [0.1, 0.15) is 37.0 Å². The second kappa shape index (κ2) is 11.5. The molecule has 0 saturated heterocycles. The number of nitrogens with one attached hydrogen (secondary N) is 3. The van der Waals surface area contributed by atoms with E-state index >= 15 is 0 Å². The number of ether oxygens (including phenoxy) is 3. The number of hydrogen-bond acceptors (Lipinski definition) is 10. The van der Waals surface area contributed by atoms with Crippen LogP contribution in [0.5, 0.6) is 23.5 Å². The fraction of sp³-hybridized carbons (Fsp3) is 0.231. The number of carbonyl (C=O) groups excluding carboxylic acids is 2. The highest BCUT2D eigenvalue weighted by Gasteiger charge is 2.21. The van der Waals surface area contributed by atoms with E-state index in [0.717, 1.165) is 0 Å². The summed E-state index contributed by atoms with van der Waals surface area (Å²) in [4.78, 5) is 37.7. The zero-order valence-corrected chi connectivity index (χ0v) is 21.9. The highest BCUT2D eigenvalue weighted by atomic mass is 16.5. The molecule has 3 N–H and O–H groups in total. The van der Waals surface area contributed by atoms with Crippen molar-refractivity contribution < 1.29 is 28.3 Å². The number of amides is 3. The second-order valence-electron chi connectivity index (χ2n) is 9.12. The van der Waals surface area contributed by atoms with E-state index in [4.69, 9.17) is 18.7 Å². The van der Waals surface area contributed by atoms with Crippen LogP contribution in [0.25, 0.3) is 0 Å². The third-order valence-corrected chi connectivity index (χ3v) is 5.16. The summed E-state index contributed by atoms with van der Waals surface area (Å²) in [6.07, 6.45) is 1.46. The van der Waals surface area contributed by atoms with Crippen molar-refractivity contribution in [1.29, 1.82) is 0 Å². The van der Waals surface area contributed by atoms with Gasteiger partial charge in [-0.1, -0.05) is 25.9 Å². The number of pyridine rings is 1. The Morgan fingerprint density at radius 3 is 2.10 bits per heavy atom. The van der Waals surface area contributed by atoms with E-state index in [2.05, 4.69) is 36.1 Å². The highest BCUT2D eigenvalue weighted by Crippen LogP contribution is 2.27. The van der Waals surface area contributed by atoms with Crippen LogP contribution in [0.3, 0.4) is 0 Å². The van der Waals surface area contributed by atoms with E-state index in [1.807, 2.05) is 20.8 Å². The third kappa shape index (κ3) is 6.97. The topological polar surface area (TPSA) is 163 Å². The van der Waals surface area contributed by atoms with Crippen molar-refractivity contribution in [3.05, 3.63) is 66.2 Å². The maximum absolute atomic E-state index is 13.0. The molecule has 4 aromatic rings. The van der Waals surface area contributed by atoms with Gasteiger partial charge in [-0.3, -0.25) is 10.1 Å². The van der Waals surface area contributed by atoms with Gasteiger partial charge in [-0.15, -0.1) is 0 Å². The molecule has 3 aromatic heterocycles. The van der Waals surface area contributed by atoms with Gasteiger partial charge in [0.15, 0.2) is 17.3 Å². The van der Waals surface area contributed by atoms with Crippen LogP contribution in [0.4, 0.5) is 22.0 Å². The first kappa shape index (κ1) is 26.9. The molecule has 4 rings (SSSR count). The van der Waals surface area contributed by atoms with Crippen LogP contribution >= 0.6 is 0 Å². The van der Waals surface area contributed by atoms with Gasteiger partial charge in [0, 0.05) is 29.1 Å². The SMILES string of the molecule is COc1cc(OC)nc(Oc2cccnc2C(=O)Nc2ccc(NC(=O)Nc3cc(C(C)(C)C)on3)cc2)n1. The Balaban J connectivity index is 1.39. The molecular formula is C26H27N7O6. The maximum Gasteiger partial charge on any atom is 0.328 e. The molecule has 0 aliphatic rings. The number of aromatic nitrogens is 4. The predicted molar refractivity (Wildman–Crippen MR) is 142 cm³/mol. The van der Waals surface area contributed by atoms with Gasteiger partial charge in [-0.25, -0.2) is 9.78 Å². The maximum atomic E-state index is 13.0. The van der Waals surface area contributed by atoms with Crippen LogP contribution in [-0.2, 0) is 5.41 Å². The first-order chi connectivity index (χ1) is 18.6. The Labute approximate surface area is 223 Å². The van der Waals surface area contributed by atoms with E-state index in [9.17, 15) is 9.59 Å². The Hall–Kier alpha value is -5.20. The summed E-state index contributed by atoms with van der Waals surface area (Å²) in [7, 11) is 2.89. The molecule has 3 amide bonds. The summed E-state index contributed by atoms with van der Waals surface area (Å²) >= 11 is 0. The van der Waals surface area contributed by atoms with Gasteiger partial charge in [-0.05, 0) is 36.4 Å². The number of hydrogen-bond donors (Lipinski definition) is 3. The molecule has 0 radical (unpaired) electrons. The van der Waals surface area contributed by atoms with Crippen LogP contribution in [0.15, 0.2) is 59.3 Å². The van der Waals surface area contributed by atoms with E-state index in [1.54, 1.807) is 42.5 Å². The minimum absolute atomic E-state index is 0.00621. The summed E-state index contributed by atoms with van der Waals surface area (Å²) in [6, 6.07) is 12.3. The monoisotopic (exact) mass is 533 g/mol. The molecule has 202 valence electrons. The molecule has 3 heterocycles. The van der Waals surface area contributed by atoms with Gasteiger partial charge in [0.1, 0.15) is 5.76 Å². The fourth-order valence-electron chi connectivity index (χ4n) is 3.17. The molecule has 0 saturated carbocycles. The Morgan fingerprint density at radius 1 is 0.872 bits per heavy atom. The molecule has 0 aliphatic heterocycles. The number of carbonyl (C=O) groups is 2. The van der Waals surface area contributed by atoms with Gasteiger partial charge < -0.3 is 29.4 Å². The smallest absolute Gasteiger partial charge is 0.328 e. The molecule has 1 aromatic carbocycles. The predicted octanol–water partition coefficient (Wildman–Crippen LogP) is 4.86. The van der Waals surface area contributed by atoms with Crippen molar-refractivity contribution in [3.63, 3.8) is 0 Å². The van der Waals surface area contributed by atoms with E-state index in [-0.39, 0.29) is 34.6 Å². The molecule has 0 fully saturated rings. The zero-order chi connectivity index (χ0) is 28.0. The average Bonchev–Trinajstić information content (AvgIpc) is 3.39. The van der Waals surface area contributed by atoms with Crippen molar-refractivity contribution in [2.24, 2.45) is 0 Å². The number of benzene rings is 1. The van der Waals surface area contributed by atoms with Crippen molar-refractivity contribution >= 4 is 29.1 Å². The van der Waals surface area contributed by atoms with Crippen molar-refractivity contribution in [2.45, 2.75) is 26.2 Å². The number of methoxy groups -OCH3 is 2. The molecule has 0 atom stereocenters. The molecule has 0 unspecified atom stereocenters. The fourth-order valence-corrected chi connectivity index (χ4v) is 3.17. The van der Waals surface area contributed by atoms with E-state index in [1.165, 1.54) is 26.5 Å². The van der Waals surface area contributed by atoms with E-state index < -0.39 is 11.9 Å². The van der Waals surface area contributed by atoms with Gasteiger partial charge in [0.2, 0.25) is 11.8 Å². The molecule has 0 aliphatic carbocycles. The summed E-state index contributed by atoms with van der Waals surface area (Å²) < 4.78 is 21.2. The first-order valence-corrected chi connectivity index (χ1v) is 11.7. The van der Waals surface area contributed by atoms with Crippen molar-refractivity contribution in [2.75, 3.05) is 30.2 Å². The summed E-state index contributed by atoms with van der Waals surface area (Å²) in [5.74, 6) is 1.000. The minimum Gasteiger partial charge on any atom is -0.481 e. The molecule has 13 nitrogen and oxygen atoms in total. The molecule has 39 heavy (non-hydrogen) atoms. The normalized spacial score (nSPS) is 10.9. The quantitative estimate of drug-likeness (QED) is 0.285. The Morgan fingerprint density at radius 2 is 1.51 bits per heavy atom. The molecular weight excluding hydrogens is 506 g/mol. The Bertz CT molecular complexity index is 1440. The van der Waals surface area contributed by atoms with Gasteiger partial charge in [0.05, 0.1) is 20.3 Å². The molecule has 0 spiro atoms. The van der Waals surface area contributed by atoms with Gasteiger partial charge in [0.25, 0.3) is 5.91 Å². The molecule has 13 heteroatoms. The zero-order valence-electron chi connectivity index (χ0n) is 21.9. The lowest BCUT2D eigenvalue weighted by atomic mass is 9.93. The standard InChI is InChI=1S/C26H27N7O6/c1-26(2,3)18-13-19(33-39-18)30-24(35)29-16-10-8-15(9-11-16)28-23(34)22-17(7-6-12-27-22)38-25-31-20(36-4)14-21(32-25)37-5/h6-14H,1-5H3,(H,28,34)(H2,29,30,33,35). The van der Waals surface area contributed by atoms with Gasteiger partial charge >= 0.3 is 12.0 Å². The van der Waals surface area contributed by atoms with Crippen molar-refractivity contribution in [1.82, 2.24) is 20.1 Å². The molecule has 0 bridgehead atoms. The number of anilines is 3. The number of rotatable bonds is 8. The van der Waals surface area contributed by atoms with Crippen LogP contribution < -0.4 is 30.2 Å². The van der Waals surface area contributed by atoms with Crippen LogP contribution in [0, 0.1) is 0 Å². The summed E-state index contributed by atoms with van der Waals surface area (Å²) in [5, 5.41) is 11.9. The average molecular weight is 534 g/mol. The van der Waals surface area contributed by atoms with Crippen molar-refractivity contribution in [3.8, 4) is 23.5 Å². The van der Waals surface area contributed by atoms with Crippen LogP contribution in [-0.4, -0.2) is 46.3 Å². The lowest BCUT2D eigenvalue weighted by Gasteiger charge is -2.12. The lowest BCUT2D eigenvalue weighted by molar-refractivity contribution is 0.101. The van der Waals surface area contributed by atoms with E-state index in [0.29, 0.717) is 23.0 Å². The third-order valence-electron chi connectivity index (χ3n) is 5.16. The second-order valence-corrected chi connectivity index (χ2v) is 9.12. The number of urea groups is 1. The largest absolute Gasteiger partial charge is 0.481 e. The van der Waals surface area contributed by atoms with Crippen LogP contribution in [0.2, 0.25) is 0 Å². The lowest BCUT2D eigenvalue weighted by Crippen LogP contribution is -2.19. The minimum atomic E-state index is -0.528. The van der Waals surface area contributed by atoms with Gasteiger partial charge in [-0.2, -0.15) is 9.97 Å². The summed E-state index contributed by atoms with van der Waals surface area (Å²) in [6.45, 7) is 5.93.